The Labute approximate surface area is 125 Å². The van der Waals surface area contributed by atoms with Crippen molar-refractivity contribution in [2.75, 3.05) is 0 Å². The Bertz CT molecular complexity index is 471. The smallest absolute Gasteiger partial charge is 0.305 e. The maximum atomic E-state index is 12.1. The van der Waals surface area contributed by atoms with Gasteiger partial charge >= 0.3 is 5.97 Å². The molecule has 1 unspecified atom stereocenters. The van der Waals surface area contributed by atoms with E-state index in [0.29, 0.717) is 15.1 Å². The van der Waals surface area contributed by atoms with E-state index in [0.717, 1.165) is 0 Å². The van der Waals surface area contributed by atoms with Crippen LogP contribution in [0, 0.1) is 5.92 Å². The molecule has 0 aliphatic heterocycles. The van der Waals surface area contributed by atoms with Crippen LogP contribution in [0.3, 0.4) is 0 Å². The highest BCUT2D eigenvalue weighted by Gasteiger charge is 2.20. The second-order valence-corrected chi connectivity index (χ2v) is 5.93. The Kier molecular flexibility index (Phi) is 5.82. The standard InChI is InChI=1S/C13H15BrClNO3/c1-7(2)11(6-12(17)18)16-13(19)8-3-9(14)5-10(15)4-8/h3-5,7,11H,6H2,1-2H3,(H,16,19)(H,17,18). The van der Waals surface area contributed by atoms with Crippen LogP contribution in [0.4, 0.5) is 0 Å². The van der Waals surface area contributed by atoms with Gasteiger partial charge in [-0.2, -0.15) is 0 Å². The zero-order valence-electron chi connectivity index (χ0n) is 10.6. The van der Waals surface area contributed by atoms with Gasteiger partial charge in [-0.3, -0.25) is 9.59 Å². The third-order valence-electron chi connectivity index (χ3n) is 2.64. The summed E-state index contributed by atoms with van der Waals surface area (Å²) in [5, 5.41) is 12.0. The highest BCUT2D eigenvalue weighted by Crippen LogP contribution is 2.20. The Hall–Kier alpha value is -1.07. The van der Waals surface area contributed by atoms with Gasteiger partial charge in [-0.25, -0.2) is 0 Å². The number of amides is 1. The highest BCUT2D eigenvalue weighted by molar-refractivity contribution is 9.10. The van der Waals surface area contributed by atoms with Gasteiger partial charge in [-0.15, -0.1) is 0 Å². The molecule has 0 bridgehead atoms. The number of halogens is 2. The van der Waals surface area contributed by atoms with E-state index in [1.807, 2.05) is 13.8 Å². The van der Waals surface area contributed by atoms with Gasteiger partial charge < -0.3 is 10.4 Å². The lowest BCUT2D eigenvalue weighted by atomic mass is 10.0. The third kappa shape index (κ3) is 5.20. The van der Waals surface area contributed by atoms with E-state index in [2.05, 4.69) is 21.2 Å². The molecular weight excluding hydrogens is 334 g/mol. The molecule has 1 atom stereocenters. The van der Waals surface area contributed by atoms with E-state index in [-0.39, 0.29) is 18.2 Å². The minimum Gasteiger partial charge on any atom is -0.481 e. The van der Waals surface area contributed by atoms with Gasteiger partial charge in [-0.1, -0.05) is 41.4 Å². The van der Waals surface area contributed by atoms with Gasteiger partial charge in [0.2, 0.25) is 0 Å². The SMILES string of the molecule is CC(C)C(CC(=O)O)NC(=O)c1cc(Cl)cc(Br)c1. The molecule has 2 N–H and O–H groups in total. The number of hydrogen-bond acceptors (Lipinski definition) is 2. The van der Waals surface area contributed by atoms with E-state index in [9.17, 15) is 9.59 Å². The van der Waals surface area contributed by atoms with Crippen molar-refractivity contribution < 1.29 is 14.7 Å². The van der Waals surface area contributed by atoms with Crippen LogP contribution in [0.2, 0.25) is 5.02 Å². The molecule has 0 fully saturated rings. The number of hydrogen-bond donors (Lipinski definition) is 2. The maximum absolute atomic E-state index is 12.1. The fourth-order valence-corrected chi connectivity index (χ4v) is 2.44. The molecule has 0 saturated heterocycles. The first-order valence-corrected chi connectivity index (χ1v) is 6.95. The number of aliphatic carboxylic acids is 1. The molecule has 0 heterocycles. The highest BCUT2D eigenvalue weighted by atomic mass is 79.9. The molecule has 104 valence electrons. The monoisotopic (exact) mass is 347 g/mol. The van der Waals surface area contributed by atoms with E-state index in [1.54, 1.807) is 18.2 Å². The number of carbonyl (C=O) groups excluding carboxylic acids is 1. The molecule has 1 rings (SSSR count). The summed E-state index contributed by atoms with van der Waals surface area (Å²) >= 11 is 9.13. The zero-order chi connectivity index (χ0) is 14.6. The second-order valence-electron chi connectivity index (χ2n) is 4.58. The van der Waals surface area contributed by atoms with E-state index >= 15 is 0 Å². The molecule has 19 heavy (non-hydrogen) atoms. The quantitative estimate of drug-likeness (QED) is 0.857. The van der Waals surface area contributed by atoms with E-state index in [4.69, 9.17) is 16.7 Å². The molecule has 6 heteroatoms. The predicted octanol–water partition coefficient (Wildman–Crippen LogP) is 3.33. The van der Waals surface area contributed by atoms with Gasteiger partial charge in [0.25, 0.3) is 5.91 Å². The van der Waals surface area contributed by atoms with Gasteiger partial charge in [0.1, 0.15) is 0 Å². The molecular formula is C13H15BrClNO3. The summed E-state index contributed by atoms with van der Waals surface area (Å²) in [5.41, 5.74) is 0.399. The molecule has 0 aromatic heterocycles. The first-order valence-electron chi connectivity index (χ1n) is 5.78. The van der Waals surface area contributed by atoms with Crippen LogP contribution in [-0.4, -0.2) is 23.0 Å². The molecule has 4 nitrogen and oxygen atoms in total. The van der Waals surface area contributed by atoms with Crippen molar-refractivity contribution in [3.05, 3.63) is 33.3 Å². The van der Waals surface area contributed by atoms with Gasteiger partial charge in [0.15, 0.2) is 0 Å². The lowest BCUT2D eigenvalue weighted by Crippen LogP contribution is -2.40. The van der Waals surface area contributed by atoms with Gasteiger partial charge in [0, 0.05) is 21.1 Å². The van der Waals surface area contributed by atoms with Crippen LogP contribution < -0.4 is 5.32 Å². The predicted molar refractivity (Wildman–Crippen MR) is 77.5 cm³/mol. The van der Waals surface area contributed by atoms with Crippen molar-refractivity contribution in [2.45, 2.75) is 26.3 Å². The van der Waals surface area contributed by atoms with Crippen LogP contribution in [0.5, 0.6) is 0 Å². The van der Waals surface area contributed by atoms with Crippen molar-refractivity contribution in [1.29, 1.82) is 0 Å². The first-order chi connectivity index (χ1) is 8.79. The summed E-state index contributed by atoms with van der Waals surface area (Å²) in [7, 11) is 0. The number of carboxylic acid groups (broad SMARTS) is 1. The zero-order valence-corrected chi connectivity index (χ0v) is 13.0. The molecule has 0 aliphatic rings. The fraction of sp³-hybridized carbons (Fsp3) is 0.385. The number of benzene rings is 1. The summed E-state index contributed by atoms with van der Waals surface area (Å²) in [6.07, 6.45) is -0.106. The topological polar surface area (TPSA) is 66.4 Å². The average molecular weight is 349 g/mol. The minimum absolute atomic E-state index is 0.0303. The summed E-state index contributed by atoms with van der Waals surface area (Å²) in [6, 6.07) is 4.44. The van der Waals surface area contributed by atoms with Gasteiger partial charge in [-0.05, 0) is 24.1 Å². The fourth-order valence-electron chi connectivity index (χ4n) is 1.58. The average Bonchev–Trinajstić information content (AvgIpc) is 2.25. The van der Waals surface area contributed by atoms with Crippen LogP contribution in [0.25, 0.3) is 0 Å². The summed E-state index contributed by atoms with van der Waals surface area (Å²) < 4.78 is 0.699. The van der Waals surface area contributed by atoms with Crippen LogP contribution in [-0.2, 0) is 4.79 Å². The van der Waals surface area contributed by atoms with Crippen molar-refractivity contribution in [3.63, 3.8) is 0 Å². The van der Waals surface area contributed by atoms with Crippen molar-refractivity contribution in [3.8, 4) is 0 Å². The number of carboxylic acids is 1. The van der Waals surface area contributed by atoms with Crippen LogP contribution in [0.15, 0.2) is 22.7 Å². The molecule has 0 saturated carbocycles. The largest absolute Gasteiger partial charge is 0.481 e. The lowest BCUT2D eigenvalue weighted by Gasteiger charge is -2.20. The molecule has 0 spiro atoms. The number of rotatable bonds is 5. The maximum Gasteiger partial charge on any atom is 0.305 e. The number of carbonyl (C=O) groups is 2. The molecule has 1 aromatic rings. The summed E-state index contributed by atoms with van der Waals surface area (Å²) in [5.74, 6) is -1.24. The van der Waals surface area contributed by atoms with Crippen molar-refractivity contribution >= 4 is 39.4 Å². The Morgan fingerprint density at radius 2 is 2.00 bits per heavy atom. The molecule has 0 aliphatic carbocycles. The summed E-state index contributed by atoms with van der Waals surface area (Å²) in [6.45, 7) is 3.73. The van der Waals surface area contributed by atoms with Crippen molar-refractivity contribution in [2.24, 2.45) is 5.92 Å². The van der Waals surface area contributed by atoms with Crippen molar-refractivity contribution in [1.82, 2.24) is 5.32 Å². The van der Waals surface area contributed by atoms with Gasteiger partial charge in [0.05, 0.1) is 6.42 Å². The lowest BCUT2D eigenvalue weighted by molar-refractivity contribution is -0.137. The van der Waals surface area contributed by atoms with Crippen LogP contribution >= 0.6 is 27.5 Å². The summed E-state index contributed by atoms with van der Waals surface area (Å²) in [4.78, 5) is 22.8. The number of nitrogens with one attached hydrogen (secondary N) is 1. The van der Waals surface area contributed by atoms with Crippen LogP contribution in [0.1, 0.15) is 30.6 Å². The normalized spacial score (nSPS) is 12.3. The Morgan fingerprint density at radius 3 is 2.47 bits per heavy atom. The van der Waals surface area contributed by atoms with E-state index < -0.39 is 12.0 Å². The molecule has 1 amide bonds. The minimum atomic E-state index is -0.939. The molecule has 0 radical (unpaired) electrons. The van der Waals surface area contributed by atoms with E-state index in [1.165, 1.54) is 0 Å². The first kappa shape index (κ1) is 16.0. The molecule has 1 aromatic carbocycles. The third-order valence-corrected chi connectivity index (χ3v) is 3.32. The Balaban J connectivity index is 2.84. The Morgan fingerprint density at radius 1 is 1.37 bits per heavy atom. The second kappa shape index (κ2) is 6.91.